The van der Waals surface area contributed by atoms with Crippen molar-refractivity contribution in [2.45, 2.75) is 36.9 Å². The SMILES string of the molecule is CC1(c2ccccc2)C[C@H]1NC(=O)[C@@H]1CNC[C@H]1c1ccc(C(F)(F)F)cc1. The molecule has 1 saturated heterocycles. The van der Waals surface area contributed by atoms with Gasteiger partial charge in [0, 0.05) is 30.5 Å². The summed E-state index contributed by atoms with van der Waals surface area (Å²) in [7, 11) is 0. The molecule has 0 bridgehead atoms. The molecule has 1 heterocycles. The monoisotopic (exact) mass is 388 g/mol. The number of alkyl halides is 3. The minimum absolute atomic E-state index is 0.0282. The summed E-state index contributed by atoms with van der Waals surface area (Å²) in [5.74, 6) is -0.430. The quantitative estimate of drug-likeness (QED) is 0.835. The molecule has 28 heavy (non-hydrogen) atoms. The van der Waals surface area contributed by atoms with Gasteiger partial charge in [0.2, 0.25) is 5.91 Å². The lowest BCUT2D eigenvalue weighted by Gasteiger charge is -2.20. The maximum Gasteiger partial charge on any atom is 0.416 e. The molecule has 0 spiro atoms. The van der Waals surface area contributed by atoms with E-state index in [2.05, 4.69) is 29.7 Å². The Kier molecular flexibility index (Phi) is 4.70. The molecular formula is C22H23F3N2O. The van der Waals surface area contributed by atoms with Gasteiger partial charge < -0.3 is 10.6 Å². The van der Waals surface area contributed by atoms with Gasteiger partial charge in [-0.2, -0.15) is 13.2 Å². The second-order valence-electron chi connectivity index (χ2n) is 8.04. The number of amides is 1. The summed E-state index contributed by atoms with van der Waals surface area (Å²) in [4.78, 5) is 12.9. The van der Waals surface area contributed by atoms with E-state index in [4.69, 9.17) is 0 Å². The second kappa shape index (κ2) is 6.92. The van der Waals surface area contributed by atoms with Crippen LogP contribution in [0.3, 0.4) is 0 Å². The van der Waals surface area contributed by atoms with E-state index in [1.54, 1.807) is 0 Å². The zero-order valence-electron chi connectivity index (χ0n) is 15.6. The number of hydrogen-bond donors (Lipinski definition) is 2. The van der Waals surface area contributed by atoms with Crippen LogP contribution in [0.15, 0.2) is 54.6 Å². The summed E-state index contributed by atoms with van der Waals surface area (Å²) in [5, 5.41) is 6.37. The van der Waals surface area contributed by atoms with Gasteiger partial charge in [0.05, 0.1) is 11.5 Å². The van der Waals surface area contributed by atoms with Gasteiger partial charge in [-0.15, -0.1) is 0 Å². The first-order valence-electron chi connectivity index (χ1n) is 9.53. The van der Waals surface area contributed by atoms with Gasteiger partial charge in [-0.05, 0) is 29.7 Å². The molecular weight excluding hydrogens is 365 g/mol. The van der Waals surface area contributed by atoms with Crippen LogP contribution in [0.5, 0.6) is 0 Å². The number of hydrogen-bond acceptors (Lipinski definition) is 2. The molecule has 1 unspecified atom stereocenters. The first-order chi connectivity index (χ1) is 13.3. The summed E-state index contributed by atoms with van der Waals surface area (Å²) in [6.45, 7) is 3.27. The minimum Gasteiger partial charge on any atom is -0.352 e. The number of benzene rings is 2. The van der Waals surface area contributed by atoms with Crippen molar-refractivity contribution in [1.29, 1.82) is 0 Å². The third-order valence-corrected chi connectivity index (χ3v) is 6.20. The van der Waals surface area contributed by atoms with Gasteiger partial charge in [-0.3, -0.25) is 4.79 Å². The van der Waals surface area contributed by atoms with Crippen LogP contribution in [0.4, 0.5) is 13.2 Å². The largest absolute Gasteiger partial charge is 0.416 e. The van der Waals surface area contributed by atoms with Gasteiger partial charge in [0.25, 0.3) is 0 Å². The molecule has 0 aromatic heterocycles. The van der Waals surface area contributed by atoms with Crippen molar-refractivity contribution in [3.8, 4) is 0 Å². The molecule has 2 aromatic rings. The summed E-state index contributed by atoms with van der Waals surface area (Å²) in [5.41, 5.74) is 1.26. The number of rotatable bonds is 4. The van der Waals surface area contributed by atoms with Crippen LogP contribution in [0.2, 0.25) is 0 Å². The van der Waals surface area contributed by atoms with Gasteiger partial charge in [0.15, 0.2) is 0 Å². The number of halogens is 3. The standard InChI is InChI=1S/C22H23F3N2O/c1-21(15-5-3-2-4-6-15)11-19(21)27-20(28)18-13-26-12-17(18)14-7-9-16(10-8-14)22(23,24)25/h2-10,17-19,26H,11-13H2,1H3,(H,27,28)/t17-,18+,19+,21?/m0/s1. The van der Waals surface area contributed by atoms with E-state index >= 15 is 0 Å². The maximum absolute atomic E-state index is 12.9. The minimum atomic E-state index is -4.35. The molecule has 2 fully saturated rings. The normalized spacial score (nSPS) is 29.5. The van der Waals surface area contributed by atoms with Crippen molar-refractivity contribution in [2.24, 2.45) is 5.92 Å². The molecule has 1 aliphatic heterocycles. The number of carbonyl (C=O) groups excluding carboxylic acids is 1. The van der Waals surface area contributed by atoms with E-state index in [9.17, 15) is 18.0 Å². The molecule has 1 saturated carbocycles. The fraction of sp³-hybridized carbons (Fsp3) is 0.409. The number of nitrogens with one attached hydrogen (secondary N) is 2. The molecule has 2 aromatic carbocycles. The third-order valence-electron chi connectivity index (χ3n) is 6.20. The Labute approximate surface area is 162 Å². The van der Waals surface area contributed by atoms with E-state index in [0.717, 1.165) is 24.1 Å². The Morgan fingerprint density at radius 3 is 2.39 bits per heavy atom. The summed E-state index contributed by atoms with van der Waals surface area (Å²) >= 11 is 0. The Hall–Kier alpha value is -2.34. The van der Waals surface area contributed by atoms with Gasteiger partial charge >= 0.3 is 6.18 Å². The van der Waals surface area contributed by atoms with E-state index < -0.39 is 11.7 Å². The second-order valence-corrected chi connectivity index (χ2v) is 8.04. The Morgan fingerprint density at radius 1 is 1.07 bits per heavy atom. The Morgan fingerprint density at radius 2 is 1.75 bits per heavy atom. The highest BCUT2D eigenvalue weighted by molar-refractivity contribution is 5.81. The summed E-state index contributed by atoms with van der Waals surface area (Å²) in [6, 6.07) is 15.4. The zero-order chi connectivity index (χ0) is 19.9. The molecule has 1 aliphatic carbocycles. The molecule has 3 nitrogen and oxygen atoms in total. The summed E-state index contributed by atoms with van der Waals surface area (Å²) in [6.07, 6.45) is -3.45. The van der Waals surface area contributed by atoms with Gasteiger partial charge in [0.1, 0.15) is 0 Å². The van der Waals surface area contributed by atoms with E-state index in [-0.39, 0.29) is 29.2 Å². The van der Waals surface area contributed by atoms with Gasteiger partial charge in [-0.1, -0.05) is 49.4 Å². The molecule has 2 N–H and O–H groups in total. The first kappa shape index (κ1) is 19.0. The Balaban J connectivity index is 1.43. The van der Waals surface area contributed by atoms with Crippen LogP contribution in [-0.2, 0) is 16.4 Å². The lowest BCUT2D eigenvalue weighted by atomic mass is 9.87. The predicted molar refractivity (Wildman–Crippen MR) is 101 cm³/mol. The highest BCUT2D eigenvalue weighted by Crippen LogP contribution is 2.48. The van der Waals surface area contributed by atoms with E-state index in [1.165, 1.54) is 17.7 Å². The van der Waals surface area contributed by atoms with Crippen LogP contribution in [-0.4, -0.2) is 25.0 Å². The third kappa shape index (κ3) is 3.53. The fourth-order valence-corrected chi connectivity index (χ4v) is 4.22. The van der Waals surface area contributed by atoms with Crippen molar-refractivity contribution >= 4 is 5.91 Å². The highest BCUT2D eigenvalue weighted by atomic mass is 19.4. The predicted octanol–water partition coefficient (Wildman–Crippen LogP) is 3.85. The average Bonchev–Trinajstić information content (AvgIpc) is 3.11. The molecule has 6 heteroatoms. The molecule has 0 radical (unpaired) electrons. The Bertz CT molecular complexity index is 850. The highest BCUT2D eigenvalue weighted by Gasteiger charge is 2.52. The van der Waals surface area contributed by atoms with Crippen LogP contribution in [0.1, 0.15) is 36.0 Å². The molecule has 4 atom stereocenters. The molecule has 2 aliphatic rings. The van der Waals surface area contributed by atoms with Gasteiger partial charge in [-0.25, -0.2) is 0 Å². The number of carbonyl (C=O) groups is 1. The topological polar surface area (TPSA) is 41.1 Å². The lowest BCUT2D eigenvalue weighted by Crippen LogP contribution is -2.38. The van der Waals surface area contributed by atoms with Crippen molar-refractivity contribution in [2.75, 3.05) is 13.1 Å². The van der Waals surface area contributed by atoms with Crippen molar-refractivity contribution in [3.05, 3.63) is 71.3 Å². The lowest BCUT2D eigenvalue weighted by molar-refractivity contribution is -0.137. The molecule has 148 valence electrons. The van der Waals surface area contributed by atoms with Crippen molar-refractivity contribution < 1.29 is 18.0 Å². The molecule has 1 amide bonds. The van der Waals surface area contributed by atoms with E-state index in [0.29, 0.717) is 13.1 Å². The fourth-order valence-electron chi connectivity index (χ4n) is 4.22. The van der Waals surface area contributed by atoms with E-state index in [1.807, 2.05) is 18.2 Å². The van der Waals surface area contributed by atoms with Crippen molar-refractivity contribution in [3.63, 3.8) is 0 Å². The smallest absolute Gasteiger partial charge is 0.352 e. The van der Waals surface area contributed by atoms with Crippen LogP contribution in [0, 0.1) is 5.92 Å². The van der Waals surface area contributed by atoms with Crippen LogP contribution >= 0.6 is 0 Å². The zero-order valence-corrected chi connectivity index (χ0v) is 15.6. The van der Waals surface area contributed by atoms with Crippen molar-refractivity contribution in [1.82, 2.24) is 10.6 Å². The average molecular weight is 388 g/mol. The first-order valence-corrected chi connectivity index (χ1v) is 9.53. The summed E-state index contributed by atoms with van der Waals surface area (Å²) < 4.78 is 38.4. The van der Waals surface area contributed by atoms with Crippen LogP contribution < -0.4 is 10.6 Å². The van der Waals surface area contributed by atoms with Crippen LogP contribution in [0.25, 0.3) is 0 Å². The molecule has 4 rings (SSSR count). The maximum atomic E-state index is 12.9.